The average Bonchev–Trinajstić information content (AvgIpc) is 2.42. The van der Waals surface area contributed by atoms with Gasteiger partial charge in [-0.15, -0.1) is 0 Å². The molecular weight excluding hydrogens is 280 g/mol. The molecule has 7 heteroatoms. The topological polar surface area (TPSA) is 121 Å². The van der Waals surface area contributed by atoms with Crippen LogP contribution in [-0.4, -0.2) is 39.8 Å². The summed E-state index contributed by atoms with van der Waals surface area (Å²) in [6, 6.07) is 0. The Morgan fingerprint density at radius 3 is 2.24 bits per heavy atom. The predicted octanol–water partition coefficient (Wildman–Crippen LogP) is 0.844. The maximum Gasteiger partial charge on any atom is 0.232 e. The minimum atomic E-state index is -0.844. The highest BCUT2D eigenvalue weighted by molar-refractivity contribution is 6.26. The van der Waals surface area contributed by atoms with E-state index in [4.69, 9.17) is 4.74 Å². The summed E-state index contributed by atoms with van der Waals surface area (Å²) in [5.41, 5.74) is -1.30. The van der Waals surface area contributed by atoms with Crippen LogP contribution in [0.3, 0.4) is 0 Å². The van der Waals surface area contributed by atoms with Crippen molar-refractivity contribution < 1.29 is 34.4 Å². The second-order valence-corrected chi connectivity index (χ2v) is 4.56. The normalized spacial score (nSPS) is 13.7. The van der Waals surface area contributed by atoms with Gasteiger partial charge in [-0.1, -0.05) is 0 Å². The van der Waals surface area contributed by atoms with E-state index in [1.165, 1.54) is 14.0 Å². The Morgan fingerprint density at radius 1 is 1.10 bits per heavy atom. The number of allylic oxidation sites excluding steroid dienone is 2. The summed E-state index contributed by atoms with van der Waals surface area (Å²) in [6.45, 7) is 1.21. The van der Waals surface area contributed by atoms with Gasteiger partial charge in [-0.25, -0.2) is 0 Å². The fourth-order valence-electron chi connectivity index (χ4n) is 2.17. The largest absolute Gasteiger partial charge is 0.507 e. The lowest BCUT2D eigenvalue weighted by molar-refractivity contribution is -0.116. The first-order valence-corrected chi connectivity index (χ1v) is 5.93. The lowest BCUT2D eigenvalue weighted by atomic mass is 9.88. The molecular formula is C14H12O7. The highest BCUT2D eigenvalue weighted by atomic mass is 16.5. The monoisotopic (exact) mass is 292 g/mol. The summed E-state index contributed by atoms with van der Waals surface area (Å²) in [6.07, 6.45) is 0.458. The van der Waals surface area contributed by atoms with Crippen molar-refractivity contribution >= 4 is 17.3 Å². The van der Waals surface area contributed by atoms with Crippen molar-refractivity contribution in [2.24, 2.45) is 0 Å². The van der Waals surface area contributed by atoms with Gasteiger partial charge in [0.2, 0.25) is 5.78 Å². The molecule has 0 spiro atoms. The van der Waals surface area contributed by atoms with Gasteiger partial charge in [-0.2, -0.15) is 0 Å². The predicted molar refractivity (Wildman–Crippen MR) is 69.6 cm³/mol. The molecule has 1 aromatic carbocycles. The third-order valence-corrected chi connectivity index (χ3v) is 3.12. The zero-order valence-corrected chi connectivity index (χ0v) is 11.3. The van der Waals surface area contributed by atoms with Crippen molar-refractivity contribution in [1.29, 1.82) is 0 Å². The second kappa shape index (κ2) is 4.93. The van der Waals surface area contributed by atoms with Crippen LogP contribution >= 0.6 is 0 Å². The molecule has 0 unspecified atom stereocenters. The fourth-order valence-corrected chi connectivity index (χ4v) is 2.17. The number of fused-ring (bicyclic) bond motifs is 1. The minimum absolute atomic E-state index is 0.304. The number of benzene rings is 1. The van der Waals surface area contributed by atoms with Crippen molar-refractivity contribution in [2.45, 2.75) is 13.3 Å². The second-order valence-electron chi connectivity index (χ2n) is 4.56. The quantitative estimate of drug-likeness (QED) is 0.557. The van der Waals surface area contributed by atoms with E-state index in [2.05, 4.69) is 0 Å². The number of ether oxygens (including phenoxy) is 1. The Hall–Kier alpha value is -2.83. The molecule has 0 saturated carbocycles. The van der Waals surface area contributed by atoms with Crippen LogP contribution in [0.1, 0.15) is 33.2 Å². The summed E-state index contributed by atoms with van der Waals surface area (Å²) < 4.78 is 4.75. The van der Waals surface area contributed by atoms with Crippen molar-refractivity contribution in [2.75, 3.05) is 7.11 Å². The number of hydrogen-bond donors (Lipinski definition) is 3. The maximum atomic E-state index is 12.1. The number of hydrogen-bond acceptors (Lipinski definition) is 7. The van der Waals surface area contributed by atoms with Gasteiger partial charge >= 0.3 is 0 Å². The number of rotatable bonds is 3. The summed E-state index contributed by atoms with van der Waals surface area (Å²) in [4.78, 5) is 35.2. The Bertz CT molecular complexity index is 713. The third-order valence-electron chi connectivity index (χ3n) is 3.12. The van der Waals surface area contributed by atoms with Gasteiger partial charge in [0.25, 0.3) is 0 Å². The molecule has 0 atom stereocenters. The van der Waals surface area contributed by atoms with Crippen LogP contribution < -0.4 is 0 Å². The molecule has 0 radical (unpaired) electrons. The van der Waals surface area contributed by atoms with Crippen molar-refractivity contribution in [3.8, 4) is 17.2 Å². The highest BCUT2D eigenvalue weighted by Gasteiger charge is 2.36. The van der Waals surface area contributed by atoms with Crippen molar-refractivity contribution in [3.05, 3.63) is 28.5 Å². The van der Waals surface area contributed by atoms with Crippen LogP contribution in [-0.2, 0) is 16.0 Å². The van der Waals surface area contributed by atoms with Crippen LogP contribution in [0.2, 0.25) is 0 Å². The molecule has 1 aliphatic carbocycles. The molecule has 1 aliphatic rings. The van der Waals surface area contributed by atoms with Gasteiger partial charge < -0.3 is 20.1 Å². The number of Topliss-reactive ketones (excluding diaryl/α,β-unsaturated/α-hetero) is 2. The van der Waals surface area contributed by atoms with Crippen LogP contribution in [0.4, 0.5) is 0 Å². The first-order chi connectivity index (χ1) is 9.79. The molecule has 21 heavy (non-hydrogen) atoms. The van der Waals surface area contributed by atoms with E-state index < -0.39 is 52.1 Å². The molecule has 0 amide bonds. The zero-order valence-electron chi connectivity index (χ0n) is 11.3. The number of ketones is 3. The molecule has 110 valence electrons. The lowest BCUT2D eigenvalue weighted by Crippen LogP contribution is -2.19. The Kier molecular flexibility index (Phi) is 3.42. The van der Waals surface area contributed by atoms with Gasteiger partial charge in [0, 0.05) is 18.1 Å². The van der Waals surface area contributed by atoms with Gasteiger partial charge in [0.05, 0.1) is 18.2 Å². The van der Waals surface area contributed by atoms with Crippen LogP contribution in [0.25, 0.3) is 0 Å². The molecule has 0 aromatic heterocycles. The van der Waals surface area contributed by atoms with E-state index in [0.29, 0.717) is 0 Å². The Morgan fingerprint density at radius 2 is 1.71 bits per heavy atom. The molecule has 2 rings (SSSR count). The summed E-state index contributed by atoms with van der Waals surface area (Å²) in [5, 5.41) is 29.8. The molecule has 0 heterocycles. The Labute approximate surface area is 119 Å². The number of aromatic hydroxyl groups is 3. The van der Waals surface area contributed by atoms with Crippen LogP contribution in [0, 0.1) is 0 Å². The maximum absolute atomic E-state index is 12.1. The van der Waals surface area contributed by atoms with E-state index in [1.807, 2.05) is 0 Å². The third kappa shape index (κ3) is 2.12. The average molecular weight is 292 g/mol. The molecule has 0 saturated heterocycles. The zero-order chi connectivity index (χ0) is 15.9. The van der Waals surface area contributed by atoms with Gasteiger partial charge in [-0.3, -0.25) is 14.4 Å². The van der Waals surface area contributed by atoms with E-state index in [9.17, 15) is 29.7 Å². The van der Waals surface area contributed by atoms with Crippen molar-refractivity contribution in [3.63, 3.8) is 0 Å². The standard InChI is InChI=1S/C14H12O7/c1-5(15)3-6-11(17)10-9(14(20)12(6)18)7(16)4-8(21-2)13(10)19/h4,17-18,20H,3H2,1-2H3. The van der Waals surface area contributed by atoms with E-state index in [-0.39, 0.29) is 11.3 Å². The summed E-state index contributed by atoms with van der Waals surface area (Å²) >= 11 is 0. The lowest BCUT2D eigenvalue weighted by Gasteiger charge is -2.19. The summed E-state index contributed by atoms with van der Waals surface area (Å²) in [5.74, 6) is -4.67. The number of methoxy groups -OCH3 is 1. The van der Waals surface area contributed by atoms with Crippen LogP contribution in [0.15, 0.2) is 11.8 Å². The molecule has 0 aliphatic heterocycles. The molecule has 3 N–H and O–H groups in total. The number of phenols is 3. The van der Waals surface area contributed by atoms with Gasteiger partial charge in [0.1, 0.15) is 11.5 Å². The minimum Gasteiger partial charge on any atom is -0.507 e. The van der Waals surface area contributed by atoms with Gasteiger partial charge in [-0.05, 0) is 6.92 Å². The Balaban J connectivity index is 2.81. The van der Waals surface area contributed by atoms with Crippen LogP contribution in [0.5, 0.6) is 17.2 Å². The number of carbonyl (C=O) groups excluding carboxylic acids is 3. The fraction of sp³-hybridized carbons (Fsp3) is 0.214. The van der Waals surface area contributed by atoms with Gasteiger partial charge in [0.15, 0.2) is 23.0 Å². The van der Waals surface area contributed by atoms with E-state index in [1.54, 1.807) is 0 Å². The smallest absolute Gasteiger partial charge is 0.232 e. The molecule has 0 fully saturated rings. The van der Waals surface area contributed by atoms with Crippen molar-refractivity contribution in [1.82, 2.24) is 0 Å². The summed E-state index contributed by atoms with van der Waals surface area (Å²) in [7, 11) is 1.18. The van der Waals surface area contributed by atoms with E-state index in [0.717, 1.165) is 6.08 Å². The number of carbonyl (C=O) groups is 3. The SMILES string of the molecule is COC1=CC(=O)c2c(O)c(O)c(CC(C)=O)c(O)c2C1=O. The first-order valence-electron chi connectivity index (χ1n) is 5.93. The molecule has 0 bridgehead atoms. The van der Waals surface area contributed by atoms with E-state index >= 15 is 0 Å². The first kappa shape index (κ1) is 14.6. The highest BCUT2D eigenvalue weighted by Crippen LogP contribution is 2.45. The molecule has 7 nitrogen and oxygen atoms in total. The molecule has 1 aromatic rings. The number of phenolic OH excluding ortho intramolecular Hbond substituents is 3.